The van der Waals surface area contributed by atoms with Crippen LogP contribution in [-0.4, -0.2) is 17.8 Å². The summed E-state index contributed by atoms with van der Waals surface area (Å²) in [6.45, 7) is 0.214. The second kappa shape index (κ2) is 7.29. The van der Waals surface area contributed by atoms with Gasteiger partial charge in [0, 0.05) is 18.3 Å². The third-order valence-electron chi connectivity index (χ3n) is 2.26. The SMILES string of the molecule is N#CCC(NCCSC(F)(F)F)c1ccccc1. The highest BCUT2D eigenvalue weighted by Crippen LogP contribution is 2.29. The minimum absolute atomic E-state index is 0.0566. The maximum Gasteiger partial charge on any atom is 0.441 e. The third kappa shape index (κ3) is 5.94. The third-order valence-corrected chi connectivity index (χ3v) is 2.99. The fourth-order valence-corrected chi connectivity index (χ4v) is 1.94. The average molecular weight is 274 g/mol. The van der Waals surface area contributed by atoms with Gasteiger partial charge in [0.05, 0.1) is 12.5 Å². The van der Waals surface area contributed by atoms with Crippen LogP contribution in [0.15, 0.2) is 30.3 Å². The number of hydrogen-bond donors (Lipinski definition) is 1. The van der Waals surface area contributed by atoms with Gasteiger partial charge in [-0.3, -0.25) is 0 Å². The minimum Gasteiger partial charge on any atom is -0.308 e. The number of halogens is 3. The number of nitrogens with one attached hydrogen (secondary N) is 1. The summed E-state index contributed by atoms with van der Waals surface area (Å²) < 4.78 is 35.8. The van der Waals surface area contributed by atoms with Crippen molar-refractivity contribution in [3.63, 3.8) is 0 Å². The Hall–Kier alpha value is -1.19. The normalized spacial score (nSPS) is 13.0. The molecule has 18 heavy (non-hydrogen) atoms. The molecule has 0 radical (unpaired) electrons. The van der Waals surface area contributed by atoms with Crippen molar-refractivity contribution in [3.8, 4) is 6.07 Å². The van der Waals surface area contributed by atoms with Crippen molar-refractivity contribution in [2.24, 2.45) is 0 Å². The van der Waals surface area contributed by atoms with E-state index in [9.17, 15) is 13.2 Å². The molecule has 0 bridgehead atoms. The van der Waals surface area contributed by atoms with Crippen molar-refractivity contribution in [3.05, 3.63) is 35.9 Å². The van der Waals surface area contributed by atoms with Crippen LogP contribution in [-0.2, 0) is 0 Å². The summed E-state index contributed by atoms with van der Waals surface area (Å²) in [7, 11) is 0. The van der Waals surface area contributed by atoms with Gasteiger partial charge in [-0.25, -0.2) is 0 Å². The summed E-state index contributed by atoms with van der Waals surface area (Å²) in [6.07, 6.45) is 0.237. The van der Waals surface area contributed by atoms with Crippen LogP contribution in [0, 0.1) is 11.3 Å². The number of nitrogens with zero attached hydrogens (tertiary/aromatic N) is 1. The van der Waals surface area contributed by atoms with Crippen LogP contribution >= 0.6 is 11.8 Å². The molecule has 0 fully saturated rings. The first-order valence-corrected chi connectivity index (χ1v) is 6.37. The lowest BCUT2D eigenvalue weighted by atomic mass is 10.0. The van der Waals surface area contributed by atoms with Crippen molar-refractivity contribution in [2.75, 3.05) is 12.3 Å². The van der Waals surface area contributed by atoms with Crippen molar-refractivity contribution in [2.45, 2.75) is 18.0 Å². The first kappa shape index (κ1) is 14.9. The van der Waals surface area contributed by atoms with Gasteiger partial charge in [0.25, 0.3) is 0 Å². The molecule has 0 saturated heterocycles. The average Bonchev–Trinajstić information content (AvgIpc) is 2.33. The minimum atomic E-state index is -4.20. The van der Waals surface area contributed by atoms with Crippen LogP contribution in [0.25, 0.3) is 0 Å². The zero-order valence-electron chi connectivity index (χ0n) is 9.57. The fraction of sp³-hybridized carbons (Fsp3) is 0.417. The second-order valence-corrected chi connectivity index (χ2v) is 4.73. The summed E-state index contributed by atoms with van der Waals surface area (Å²) in [5.41, 5.74) is -3.28. The molecule has 1 N–H and O–H groups in total. The Bertz CT molecular complexity index is 387. The molecule has 1 atom stereocenters. The Morgan fingerprint density at radius 1 is 1.28 bits per heavy atom. The van der Waals surface area contributed by atoms with Gasteiger partial charge in [-0.1, -0.05) is 30.3 Å². The molecule has 0 heterocycles. The highest BCUT2D eigenvalue weighted by Gasteiger charge is 2.27. The molecular formula is C12H13F3N2S. The molecule has 0 aliphatic carbocycles. The van der Waals surface area contributed by atoms with Gasteiger partial charge in [-0.15, -0.1) is 0 Å². The van der Waals surface area contributed by atoms with Gasteiger partial charge in [-0.2, -0.15) is 18.4 Å². The lowest BCUT2D eigenvalue weighted by Gasteiger charge is -2.16. The quantitative estimate of drug-likeness (QED) is 0.807. The van der Waals surface area contributed by atoms with E-state index in [4.69, 9.17) is 5.26 Å². The monoisotopic (exact) mass is 274 g/mol. The summed E-state index contributed by atoms with van der Waals surface area (Å²) in [6, 6.07) is 11.1. The van der Waals surface area contributed by atoms with E-state index in [0.29, 0.717) is 0 Å². The molecule has 0 spiro atoms. The maximum absolute atomic E-state index is 11.9. The zero-order chi connectivity index (χ0) is 13.4. The second-order valence-electron chi connectivity index (χ2n) is 3.57. The Labute approximate surface area is 108 Å². The van der Waals surface area contributed by atoms with Crippen LogP contribution < -0.4 is 5.32 Å². The van der Waals surface area contributed by atoms with Gasteiger partial charge >= 0.3 is 5.51 Å². The maximum atomic E-state index is 11.9. The number of benzene rings is 1. The molecule has 0 aliphatic rings. The molecule has 1 aromatic rings. The molecule has 1 aromatic carbocycles. The number of rotatable bonds is 6. The van der Waals surface area contributed by atoms with Crippen LogP contribution in [0.2, 0.25) is 0 Å². The van der Waals surface area contributed by atoms with Gasteiger partial charge in [0.1, 0.15) is 0 Å². The zero-order valence-corrected chi connectivity index (χ0v) is 10.4. The lowest BCUT2D eigenvalue weighted by Crippen LogP contribution is -2.24. The summed E-state index contributed by atoms with van der Waals surface area (Å²) in [5.74, 6) is -0.0573. The Kier molecular flexibility index (Phi) is 6.02. The van der Waals surface area contributed by atoms with Crippen LogP contribution in [0.3, 0.4) is 0 Å². The molecular weight excluding hydrogens is 261 g/mol. The smallest absolute Gasteiger partial charge is 0.308 e. The largest absolute Gasteiger partial charge is 0.441 e. The highest BCUT2D eigenvalue weighted by molar-refractivity contribution is 8.00. The lowest BCUT2D eigenvalue weighted by molar-refractivity contribution is -0.0327. The van der Waals surface area contributed by atoms with E-state index in [-0.39, 0.29) is 36.5 Å². The highest BCUT2D eigenvalue weighted by atomic mass is 32.2. The number of alkyl halides is 3. The molecule has 0 aromatic heterocycles. The molecule has 2 nitrogen and oxygen atoms in total. The number of thioether (sulfide) groups is 1. The molecule has 0 amide bonds. The first-order chi connectivity index (χ1) is 8.53. The van der Waals surface area contributed by atoms with E-state index in [1.54, 1.807) is 0 Å². The van der Waals surface area contributed by atoms with E-state index in [2.05, 4.69) is 5.32 Å². The van der Waals surface area contributed by atoms with Crippen LogP contribution in [0.4, 0.5) is 13.2 Å². The fourth-order valence-electron chi connectivity index (χ4n) is 1.48. The Morgan fingerprint density at radius 2 is 1.94 bits per heavy atom. The van der Waals surface area contributed by atoms with Crippen molar-refractivity contribution in [1.82, 2.24) is 5.32 Å². The van der Waals surface area contributed by atoms with E-state index >= 15 is 0 Å². The number of nitriles is 1. The van der Waals surface area contributed by atoms with E-state index in [1.807, 2.05) is 36.4 Å². The van der Waals surface area contributed by atoms with Gasteiger partial charge in [-0.05, 0) is 17.3 Å². The number of hydrogen-bond acceptors (Lipinski definition) is 3. The predicted octanol–water partition coefficient (Wildman–Crippen LogP) is 3.48. The first-order valence-electron chi connectivity index (χ1n) is 5.39. The van der Waals surface area contributed by atoms with E-state index in [1.165, 1.54) is 0 Å². The van der Waals surface area contributed by atoms with Gasteiger partial charge < -0.3 is 5.32 Å². The Balaban J connectivity index is 2.43. The summed E-state index contributed by atoms with van der Waals surface area (Å²) in [4.78, 5) is 0. The predicted molar refractivity (Wildman–Crippen MR) is 65.9 cm³/mol. The van der Waals surface area contributed by atoms with Crippen molar-refractivity contribution < 1.29 is 13.2 Å². The topological polar surface area (TPSA) is 35.8 Å². The summed E-state index contributed by atoms with van der Waals surface area (Å²) in [5, 5.41) is 11.7. The summed E-state index contributed by atoms with van der Waals surface area (Å²) >= 11 is -0.0566. The molecule has 0 aliphatic heterocycles. The Morgan fingerprint density at radius 3 is 2.50 bits per heavy atom. The molecule has 1 rings (SSSR count). The van der Waals surface area contributed by atoms with Crippen molar-refractivity contribution in [1.29, 1.82) is 5.26 Å². The molecule has 98 valence electrons. The van der Waals surface area contributed by atoms with Gasteiger partial charge in [0.2, 0.25) is 0 Å². The standard InChI is InChI=1S/C12H13F3N2S/c13-12(14,15)18-9-8-17-11(6-7-16)10-4-2-1-3-5-10/h1-5,11,17H,6,8-9H2. The van der Waals surface area contributed by atoms with Crippen molar-refractivity contribution >= 4 is 11.8 Å². The molecule has 0 saturated carbocycles. The molecule has 1 unspecified atom stereocenters. The molecule has 6 heteroatoms. The van der Waals surface area contributed by atoms with Crippen LogP contribution in [0.1, 0.15) is 18.0 Å². The van der Waals surface area contributed by atoms with E-state index in [0.717, 1.165) is 5.56 Å². The van der Waals surface area contributed by atoms with Crippen LogP contribution in [0.5, 0.6) is 0 Å². The van der Waals surface area contributed by atoms with E-state index < -0.39 is 5.51 Å². The van der Waals surface area contributed by atoms with Gasteiger partial charge in [0.15, 0.2) is 0 Å².